The second-order valence-electron chi connectivity index (χ2n) is 6.82. The molecule has 0 aliphatic carbocycles. The summed E-state index contributed by atoms with van der Waals surface area (Å²) in [6, 6.07) is 3.78. The van der Waals surface area contributed by atoms with Gasteiger partial charge in [-0.05, 0) is 32.3 Å². The number of benzene rings is 1. The lowest BCUT2D eigenvalue weighted by Crippen LogP contribution is -2.51. The summed E-state index contributed by atoms with van der Waals surface area (Å²) < 4.78 is 39.8. The van der Waals surface area contributed by atoms with E-state index >= 15 is 0 Å². The monoisotopic (exact) mass is 383 g/mol. The molecular formula is C20H27F2NO2S. The molecule has 1 aromatic carbocycles. The van der Waals surface area contributed by atoms with Crippen molar-refractivity contribution in [1.29, 1.82) is 0 Å². The summed E-state index contributed by atoms with van der Waals surface area (Å²) in [5.41, 5.74) is -0.304. The first-order valence-electron chi connectivity index (χ1n) is 9.46. The normalized spacial score (nSPS) is 33.7. The second kappa shape index (κ2) is 8.36. The molecule has 0 N–H and O–H groups in total. The van der Waals surface area contributed by atoms with E-state index in [0.29, 0.717) is 12.2 Å². The van der Waals surface area contributed by atoms with Crippen molar-refractivity contribution in [3.8, 4) is 0 Å². The van der Waals surface area contributed by atoms with Crippen LogP contribution < -0.4 is 0 Å². The Kier molecular flexibility index (Phi) is 6.36. The van der Waals surface area contributed by atoms with Crippen LogP contribution >= 0.6 is 11.8 Å². The van der Waals surface area contributed by atoms with Crippen molar-refractivity contribution in [2.45, 2.75) is 57.8 Å². The molecule has 2 fully saturated rings. The number of nitrogens with zero attached hydrogens (tertiary/aromatic N) is 1. The summed E-state index contributed by atoms with van der Waals surface area (Å²) in [4.78, 5) is 4.81. The third-order valence-electron chi connectivity index (χ3n) is 5.34. The van der Waals surface area contributed by atoms with E-state index in [4.69, 9.17) is 14.5 Å². The minimum atomic E-state index is -0.748. The molecule has 4 atom stereocenters. The Balaban J connectivity index is 0.000000948. The first-order valence-corrected chi connectivity index (χ1v) is 10.4. The minimum Gasteiger partial charge on any atom is -0.376 e. The highest BCUT2D eigenvalue weighted by molar-refractivity contribution is 8.13. The summed E-state index contributed by atoms with van der Waals surface area (Å²) in [5, 5.41) is 0.925. The zero-order valence-electron chi connectivity index (χ0n) is 15.6. The van der Waals surface area contributed by atoms with Gasteiger partial charge in [0, 0.05) is 29.9 Å². The summed E-state index contributed by atoms with van der Waals surface area (Å²) in [7, 11) is 0. The van der Waals surface area contributed by atoms with Crippen LogP contribution in [-0.4, -0.2) is 36.2 Å². The molecule has 3 nitrogen and oxygen atoms in total. The van der Waals surface area contributed by atoms with E-state index in [1.807, 2.05) is 20.8 Å². The number of hydrogen-bond donors (Lipinski definition) is 0. The van der Waals surface area contributed by atoms with Crippen molar-refractivity contribution in [3.05, 3.63) is 35.4 Å². The summed E-state index contributed by atoms with van der Waals surface area (Å²) in [6.07, 6.45) is 3.07. The number of rotatable bonds is 2. The molecule has 3 aliphatic heterocycles. The van der Waals surface area contributed by atoms with Crippen molar-refractivity contribution < 1.29 is 18.3 Å². The molecule has 3 heterocycles. The van der Waals surface area contributed by atoms with E-state index in [0.717, 1.165) is 42.7 Å². The van der Waals surface area contributed by atoms with Gasteiger partial charge in [0.25, 0.3) is 0 Å². The topological polar surface area (TPSA) is 30.8 Å². The maximum absolute atomic E-state index is 14.5. The van der Waals surface area contributed by atoms with Gasteiger partial charge in [-0.25, -0.2) is 8.78 Å². The summed E-state index contributed by atoms with van der Waals surface area (Å²) in [5.74, 6) is -0.0700. The third kappa shape index (κ3) is 3.69. The maximum atomic E-state index is 14.5. The van der Waals surface area contributed by atoms with Crippen LogP contribution in [0.3, 0.4) is 0 Å². The van der Waals surface area contributed by atoms with Crippen LogP contribution in [0.2, 0.25) is 0 Å². The molecule has 1 aromatic rings. The Labute approximate surface area is 158 Å². The predicted molar refractivity (Wildman–Crippen MR) is 102 cm³/mol. The van der Waals surface area contributed by atoms with Crippen LogP contribution in [0.25, 0.3) is 0 Å². The van der Waals surface area contributed by atoms with Gasteiger partial charge in [0.1, 0.15) is 17.2 Å². The molecule has 0 spiro atoms. The zero-order valence-corrected chi connectivity index (χ0v) is 16.5. The molecular weight excluding hydrogens is 356 g/mol. The Hall–Kier alpha value is -0.980. The standard InChI is InChI=1S/C18H21F2NO2S.C2H6/c1-11-21-18(14-5-4-13(19)8-15(14)20)10-23-17(7-12(18)9-24-11)16-3-2-6-22-16;1-2/h4-5,8,12,16-17H,2-3,6-7,9-10H2,1H3;1-2H3. The number of ether oxygens (including phenoxy) is 2. The Morgan fingerprint density at radius 1 is 1.19 bits per heavy atom. The van der Waals surface area contributed by atoms with Gasteiger partial charge in [-0.1, -0.05) is 19.9 Å². The number of aliphatic imine (C=N–C) groups is 1. The highest BCUT2D eigenvalue weighted by Gasteiger charge is 2.50. The summed E-state index contributed by atoms with van der Waals surface area (Å²) in [6.45, 7) is 7.05. The van der Waals surface area contributed by atoms with Crippen molar-refractivity contribution in [2.24, 2.45) is 10.9 Å². The highest BCUT2D eigenvalue weighted by atomic mass is 32.2. The van der Waals surface area contributed by atoms with Crippen LogP contribution in [0.15, 0.2) is 23.2 Å². The number of fused-ring (bicyclic) bond motifs is 1. The van der Waals surface area contributed by atoms with Gasteiger partial charge in [0.15, 0.2) is 0 Å². The first-order chi connectivity index (χ1) is 12.6. The van der Waals surface area contributed by atoms with Crippen LogP contribution in [0, 0.1) is 17.6 Å². The molecule has 0 saturated carbocycles. The molecule has 0 radical (unpaired) electrons. The zero-order chi connectivity index (χ0) is 18.7. The first kappa shape index (κ1) is 19.8. The molecule has 3 aliphatic rings. The fourth-order valence-corrected chi connectivity index (χ4v) is 5.19. The predicted octanol–water partition coefficient (Wildman–Crippen LogP) is 4.94. The van der Waals surface area contributed by atoms with Crippen LogP contribution in [0.5, 0.6) is 0 Å². The van der Waals surface area contributed by atoms with Gasteiger partial charge < -0.3 is 9.47 Å². The van der Waals surface area contributed by atoms with Crippen molar-refractivity contribution in [3.63, 3.8) is 0 Å². The van der Waals surface area contributed by atoms with Crippen molar-refractivity contribution >= 4 is 16.8 Å². The van der Waals surface area contributed by atoms with Gasteiger partial charge in [-0.15, -0.1) is 11.8 Å². The van der Waals surface area contributed by atoms with Gasteiger partial charge >= 0.3 is 0 Å². The molecule has 4 unspecified atom stereocenters. The quantitative estimate of drug-likeness (QED) is 0.725. The number of hydrogen-bond acceptors (Lipinski definition) is 4. The van der Waals surface area contributed by atoms with Gasteiger partial charge in [0.2, 0.25) is 0 Å². The molecule has 26 heavy (non-hydrogen) atoms. The smallest absolute Gasteiger partial charge is 0.131 e. The van der Waals surface area contributed by atoms with Crippen molar-refractivity contribution in [1.82, 2.24) is 0 Å². The lowest BCUT2D eigenvalue weighted by atomic mass is 9.74. The molecule has 2 saturated heterocycles. The van der Waals surface area contributed by atoms with Gasteiger partial charge in [-0.2, -0.15) is 0 Å². The van der Waals surface area contributed by atoms with Crippen LogP contribution in [-0.2, 0) is 15.0 Å². The highest BCUT2D eigenvalue weighted by Crippen LogP contribution is 2.48. The van der Waals surface area contributed by atoms with E-state index in [2.05, 4.69) is 0 Å². The second-order valence-corrected chi connectivity index (χ2v) is 8.04. The van der Waals surface area contributed by atoms with Gasteiger partial charge in [0.05, 0.1) is 23.9 Å². The van der Waals surface area contributed by atoms with E-state index in [1.165, 1.54) is 12.1 Å². The van der Waals surface area contributed by atoms with Crippen LogP contribution in [0.1, 0.15) is 45.6 Å². The fraction of sp³-hybridized carbons (Fsp3) is 0.650. The lowest BCUT2D eigenvalue weighted by Gasteiger charge is -2.47. The average molecular weight is 384 g/mol. The molecule has 4 rings (SSSR count). The van der Waals surface area contributed by atoms with E-state index < -0.39 is 17.2 Å². The summed E-state index contributed by atoms with van der Waals surface area (Å²) >= 11 is 1.71. The third-order valence-corrected chi connectivity index (χ3v) is 6.42. The SMILES string of the molecule is CC.CC1=NC2(c3ccc(F)cc3F)COC(C3CCCO3)CC2CS1. The van der Waals surface area contributed by atoms with Gasteiger partial charge in [-0.3, -0.25) is 4.99 Å². The molecule has 0 amide bonds. The van der Waals surface area contributed by atoms with E-state index in [-0.39, 0.29) is 18.1 Å². The van der Waals surface area contributed by atoms with Crippen molar-refractivity contribution in [2.75, 3.05) is 19.0 Å². The van der Waals surface area contributed by atoms with Crippen LogP contribution in [0.4, 0.5) is 8.78 Å². The van der Waals surface area contributed by atoms with E-state index in [9.17, 15) is 8.78 Å². The van der Waals surface area contributed by atoms with E-state index in [1.54, 1.807) is 11.8 Å². The molecule has 0 aromatic heterocycles. The minimum absolute atomic E-state index is 0.0448. The fourth-order valence-electron chi connectivity index (χ4n) is 4.11. The lowest BCUT2D eigenvalue weighted by molar-refractivity contribution is -0.113. The molecule has 0 bridgehead atoms. The Bertz CT molecular complexity index is 663. The molecule has 6 heteroatoms. The average Bonchev–Trinajstić information content (AvgIpc) is 3.17. The Morgan fingerprint density at radius 2 is 2.00 bits per heavy atom. The number of thioether (sulfide) groups is 1. The largest absolute Gasteiger partial charge is 0.376 e. The molecule has 144 valence electrons. The Morgan fingerprint density at radius 3 is 2.69 bits per heavy atom. The maximum Gasteiger partial charge on any atom is 0.131 e. The number of halogens is 2.